The average Bonchev–Trinajstić information content (AvgIpc) is 2.60. The van der Waals surface area contributed by atoms with Gasteiger partial charge in [-0.05, 0) is 36.8 Å². The Labute approximate surface area is 150 Å². The summed E-state index contributed by atoms with van der Waals surface area (Å²) in [6, 6.07) is 8.79. The van der Waals surface area contributed by atoms with Crippen molar-refractivity contribution in [2.24, 2.45) is 0 Å². The molecule has 0 radical (unpaired) electrons. The first-order valence-corrected chi connectivity index (χ1v) is 9.13. The monoisotopic (exact) mass is 379 g/mol. The van der Waals surface area contributed by atoms with Crippen LogP contribution in [0.4, 0.5) is 5.69 Å². The number of ketones is 1. The van der Waals surface area contributed by atoms with Crippen LogP contribution in [0, 0.1) is 6.92 Å². The zero-order valence-corrected chi connectivity index (χ0v) is 15.0. The Hall–Kier alpha value is -2.38. The fraction of sp³-hybridized carbons (Fsp3) is 0.176. The number of halogens is 1. The number of carbonyl (C=O) groups excluding carboxylic acids is 2. The van der Waals surface area contributed by atoms with Crippen molar-refractivity contribution in [1.82, 2.24) is 0 Å². The molecule has 0 saturated heterocycles. The number of Topliss-reactive ketones (excluding diaryl/α,β-unsaturated/α-hetero) is 1. The normalized spacial score (nSPS) is 18.6. The van der Waals surface area contributed by atoms with Crippen LogP contribution in [0.2, 0.25) is 5.02 Å². The highest BCUT2D eigenvalue weighted by Crippen LogP contribution is 2.37. The third kappa shape index (κ3) is 2.60. The highest BCUT2D eigenvalue weighted by Gasteiger charge is 2.48. The van der Waals surface area contributed by atoms with Gasteiger partial charge in [0.1, 0.15) is 0 Å². The van der Waals surface area contributed by atoms with E-state index in [2.05, 4.69) is 0 Å². The molecular formula is C17H14ClNO5S. The van der Waals surface area contributed by atoms with Gasteiger partial charge in [0.25, 0.3) is 10.0 Å². The van der Waals surface area contributed by atoms with Crippen molar-refractivity contribution in [2.75, 3.05) is 11.4 Å². The smallest absolute Gasteiger partial charge is 0.337 e. The number of rotatable bonds is 2. The molecule has 1 atom stereocenters. The molecule has 2 aromatic rings. The van der Waals surface area contributed by atoms with Crippen LogP contribution in [0.1, 0.15) is 15.9 Å². The summed E-state index contributed by atoms with van der Waals surface area (Å²) in [6.07, 6.45) is 0. The first kappa shape index (κ1) is 17.4. The van der Waals surface area contributed by atoms with Gasteiger partial charge in [0, 0.05) is 10.6 Å². The van der Waals surface area contributed by atoms with Crippen molar-refractivity contribution >= 4 is 39.1 Å². The van der Waals surface area contributed by atoms with Crippen LogP contribution in [0.25, 0.3) is 0 Å². The summed E-state index contributed by atoms with van der Waals surface area (Å²) < 4.78 is 31.8. The predicted molar refractivity (Wildman–Crippen MR) is 92.4 cm³/mol. The van der Waals surface area contributed by atoms with Gasteiger partial charge in [0.05, 0.1) is 17.7 Å². The summed E-state index contributed by atoms with van der Waals surface area (Å²) in [7, 11) is -3.06. The summed E-state index contributed by atoms with van der Waals surface area (Å²) in [5, 5.41) is 0.322. The van der Waals surface area contributed by atoms with Crippen molar-refractivity contribution in [2.45, 2.75) is 17.9 Å². The first-order chi connectivity index (χ1) is 11.8. The number of fused-ring (bicyclic) bond motifs is 1. The number of anilines is 1. The van der Waals surface area contributed by atoms with Gasteiger partial charge < -0.3 is 4.74 Å². The molecule has 8 heteroatoms. The van der Waals surface area contributed by atoms with Crippen molar-refractivity contribution in [3.63, 3.8) is 0 Å². The fourth-order valence-electron chi connectivity index (χ4n) is 2.81. The van der Waals surface area contributed by atoms with Crippen molar-refractivity contribution in [3.8, 4) is 0 Å². The number of ether oxygens (including phenoxy) is 1. The highest BCUT2D eigenvalue weighted by atomic mass is 35.5. The van der Waals surface area contributed by atoms with E-state index in [0.717, 1.165) is 11.4 Å². The van der Waals surface area contributed by atoms with Crippen molar-refractivity contribution in [1.29, 1.82) is 0 Å². The maximum atomic E-state index is 13.2. The maximum absolute atomic E-state index is 13.2. The van der Waals surface area contributed by atoms with E-state index in [4.69, 9.17) is 16.3 Å². The first-order valence-electron chi connectivity index (χ1n) is 7.31. The predicted octanol–water partition coefficient (Wildman–Crippen LogP) is 2.58. The number of esters is 1. The number of carbonyl (C=O) groups is 2. The van der Waals surface area contributed by atoms with E-state index in [1.54, 1.807) is 25.1 Å². The standard InChI is InChI=1S/C17H14ClNO5S/c1-10-12(18)7-5-8-13(10)19-15(17(21)24-2)16(20)11-6-3-4-9-14(11)25(19,22)23/h3-9,15H,1-2H3. The fourth-order valence-corrected chi connectivity index (χ4v) is 4.81. The van der Waals surface area contributed by atoms with E-state index >= 15 is 0 Å². The van der Waals surface area contributed by atoms with E-state index in [-0.39, 0.29) is 16.1 Å². The minimum atomic E-state index is -4.16. The highest BCUT2D eigenvalue weighted by molar-refractivity contribution is 7.93. The van der Waals surface area contributed by atoms with E-state index in [0.29, 0.717) is 10.6 Å². The number of hydrogen-bond donors (Lipinski definition) is 0. The number of methoxy groups -OCH3 is 1. The Morgan fingerprint density at radius 1 is 1.16 bits per heavy atom. The second-order valence-electron chi connectivity index (χ2n) is 5.47. The van der Waals surface area contributed by atoms with Crippen LogP contribution in [-0.4, -0.2) is 33.3 Å². The molecule has 0 amide bonds. The molecule has 0 saturated carbocycles. The lowest BCUT2D eigenvalue weighted by atomic mass is 10.0. The molecular weight excluding hydrogens is 366 g/mol. The van der Waals surface area contributed by atoms with Gasteiger partial charge in [-0.15, -0.1) is 0 Å². The molecule has 1 heterocycles. The number of nitrogens with zero attached hydrogens (tertiary/aromatic N) is 1. The SMILES string of the molecule is COC(=O)C1C(=O)c2ccccc2S(=O)(=O)N1c1cccc(Cl)c1C. The van der Waals surface area contributed by atoms with Crippen LogP contribution in [-0.2, 0) is 19.6 Å². The zero-order valence-electron chi connectivity index (χ0n) is 13.4. The molecule has 3 rings (SSSR count). The zero-order chi connectivity index (χ0) is 18.4. The summed E-state index contributed by atoms with van der Waals surface area (Å²) in [4.78, 5) is 25.0. The van der Waals surface area contributed by atoms with Gasteiger partial charge in [-0.25, -0.2) is 17.5 Å². The lowest BCUT2D eigenvalue weighted by Crippen LogP contribution is -2.54. The molecule has 2 aromatic carbocycles. The van der Waals surface area contributed by atoms with Crippen LogP contribution in [0.15, 0.2) is 47.4 Å². The molecule has 1 aliphatic heterocycles. The minimum absolute atomic E-state index is 0.0335. The van der Waals surface area contributed by atoms with Crippen LogP contribution in [0.3, 0.4) is 0 Å². The van der Waals surface area contributed by atoms with Gasteiger partial charge in [0.15, 0.2) is 5.78 Å². The van der Waals surface area contributed by atoms with Crippen LogP contribution >= 0.6 is 11.6 Å². The Kier molecular flexibility index (Phi) is 4.30. The van der Waals surface area contributed by atoms with Crippen molar-refractivity contribution < 1.29 is 22.7 Å². The lowest BCUT2D eigenvalue weighted by molar-refractivity contribution is -0.140. The largest absolute Gasteiger partial charge is 0.467 e. The van der Waals surface area contributed by atoms with Crippen molar-refractivity contribution in [3.05, 3.63) is 58.6 Å². The number of sulfonamides is 1. The molecule has 6 nitrogen and oxygen atoms in total. The average molecular weight is 380 g/mol. The topological polar surface area (TPSA) is 80.8 Å². The number of hydrogen-bond acceptors (Lipinski definition) is 5. The molecule has 25 heavy (non-hydrogen) atoms. The Bertz CT molecular complexity index is 986. The summed E-state index contributed by atoms with van der Waals surface area (Å²) >= 11 is 6.10. The summed E-state index contributed by atoms with van der Waals surface area (Å²) in [6.45, 7) is 1.62. The minimum Gasteiger partial charge on any atom is -0.467 e. The van der Waals surface area contributed by atoms with Gasteiger partial charge in [0.2, 0.25) is 6.04 Å². The van der Waals surface area contributed by atoms with Crippen LogP contribution < -0.4 is 4.31 Å². The Morgan fingerprint density at radius 3 is 2.52 bits per heavy atom. The van der Waals surface area contributed by atoms with E-state index in [9.17, 15) is 18.0 Å². The van der Waals surface area contributed by atoms with Gasteiger partial charge in [-0.3, -0.25) is 4.79 Å². The van der Waals surface area contributed by atoms with Gasteiger partial charge in [-0.2, -0.15) is 0 Å². The molecule has 0 spiro atoms. The van der Waals surface area contributed by atoms with Gasteiger partial charge in [-0.1, -0.05) is 29.8 Å². The molecule has 1 aliphatic rings. The van der Waals surface area contributed by atoms with Crippen LogP contribution in [0.5, 0.6) is 0 Å². The quantitative estimate of drug-likeness (QED) is 0.591. The maximum Gasteiger partial charge on any atom is 0.337 e. The molecule has 0 aliphatic carbocycles. The molecule has 0 fully saturated rings. The molecule has 0 bridgehead atoms. The second-order valence-corrected chi connectivity index (χ2v) is 7.66. The lowest BCUT2D eigenvalue weighted by Gasteiger charge is -2.35. The Balaban J connectivity index is 2.36. The molecule has 0 aromatic heterocycles. The summed E-state index contributed by atoms with van der Waals surface area (Å²) in [5.74, 6) is -1.60. The summed E-state index contributed by atoms with van der Waals surface area (Å²) in [5.41, 5.74) is 0.563. The molecule has 0 N–H and O–H groups in total. The molecule has 130 valence electrons. The third-order valence-corrected chi connectivity index (χ3v) is 6.32. The van der Waals surface area contributed by atoms with E-state index in [1.807, 2.05) is 0 Å². The number of benzene rings is 2. The Morgan fingerprint density at radius 2 is 1.84 bits per heavy atom. The second kappa shape index (κ2) is 6.16. The third-order valence-electron chi connectivity index (χ3n) is 4.07. The molecule has 1 unspecified atom stereocenters. The van der Waals surface area contributed by atoms with E-state index < -0.39 is 27.8 Å². The van der Waals surface area contributed by atoms with E-state index in [1.165, 1.54) is 24.3 Å². The van der Waals surface area contributed by atoms with Gasteiger partial charge >= 0.3 is 5.97 Å².